The number of rotatable bonds is 4. The molecule has 1 heterocycles. The fourth-order valence-corrected chi connectivity index (χ4v) is 1.94. The van der Waals surface area contributed by atoms with Gasteiger partial charge in [0.15, 0.2) is 0 Å². The molecule has 6 nitrogen and oxygen atoms in total. The van der Waals surface area contributed by atoms with Crippen molar-refractivity contribution in [2.75, 3.05) is 23.3 Å². The lowest BCUT2D eigenvalue weighted by Crippen LogP contribution is -2.34. The predicted molar refractivity (Wildman–Crippen MR) is 85.9 cm³/mol. The summed E-state index contributed by atoms with van der Waals surface area (Å²) in [6.45, 7) is 4.91. The maximum atomic E-state index is 11.9. The van der Waals surface area contributed by atoms with Crippen LogP contribution in [0, 0.1) is 5.92 Å². The van der Waals surface area contributed by atoms with Gasteiger partial charge < -0.3 is 16.4 Å². The topological polar surface area (TPSA) is 87.5 Å². The summed E-state index contributed by atoms with van der Waals surface area (Å²) in [7, 11) is 0. The number of halogens is 1. The van der Waals surface area contributed by atoms with Crippen molar-refractivity contribution in [3.8, 4) is 0 Å². The molecular formula is C14H21ClN4O2. The van der Waals surface area contributed by atoms with Crippen LogP contribution in [0.5, 0.6) is 0 Å². The number of nitrogens with two attached hydrogens (primary N) is 1. The summed E-state index contributed by atoms with van der Waals surface area (Å²) < 4.78 is 0. The number of amides is 3. The number of carbonyl (C=O) groups is 2. The van der Waals surface area contributed by atoms with Gasteiger partial charge in [-0.05, 0) is 31.2 Å². The van der Waals surface area contributed by atoms with Crippen LogP contribution in [0.2, 0.25) is 0 Å². The molecule has 1 fully saturated rings. The van der Waals surface area contributed by atoms with Gasteiger partial charge in [-0.1, -0.05) is 6.92 Å². The van der Waals surface area contributed by atoms with Crippen LogP contribution in [-0.4, -0.2) is 31.1 Å². The van der Waals surface area contributed by atoms with Gasteiger partial charge in [-0.3, -0.25) is 9.69 Å². The predicted octanol–water partition coefficient (Wildman–Crippen LogP) is 1.56. The molecular weight excluding hydrogens is 292 g/mol. The van der Waals surface area contributed by atoms with E-state index in [1.54, 1.807) is 30.9 Å². The van der Waals surface area contributed by atoms with Gasteiger partial charge in [0.25, 0.3) is 0 Å². The molecule has 4 N–H and O–H groups in total. The van der Waals surface area contributed by atoms with Crippen LogP contribution in [0.15, 0.2) is 24.3 Å². The van der Waals surface area contributed by atoms with Crippen molar-refractivity contribution in [3.63, 3.8) is 0 Å². The Labute approximate surface area is 130 Å². The Hall–Kier alpha value is -1.79. The SMILES string of the molecule is CC(N)C(C)C(=O)Nc1ccc(N2CCNC2=O)cc1.Cl. The molecule has 1 aromatic carbocycles. The molecule has 1 aliphatic rings. The molecule has 3 amide bonds. The van der Waals surface area contributed by atoms with Crippen molar-refractivity contribution in [2.24, 2.45) is 11.7 Å². The van der Waals surface area contributed by atoms with Gasteiger partial charge in [-0.2, -0.15) is 0 Å². The van der Waals surface area contributed by atoms with Crippen LogP contribution >= 0.6 is 12.4 Å². The van der Waals surface area contributed by atoms with Crippen LogP contribution < -0.4 is 21.3 Å². The number of nitrogens with one attached hydrogen (secondary N) is 2. The zero-order chi connectivity index (χ0) is 14.7. The van der Waals surface area contributed by atoms with E-state index < -0.39 is 0 Å². The van der Waals surface area contributed by atoms with Gasteiger partial charge in [0.05, 0.1) is 5.92 Å². The molecule has 2 atom stereocenters. The molecule has 7 heteroatoms. The summed E-state index contributed by atoms with van der Waals surface area (Å²) >= 11 is 0. The third kappa shape index (κ3) is 4.09. The Kier molecular flexibility index (Phi) is 5.99. The summed E-state index contributed by atoms with van der Waals surface area (Å²) in [5.74, 6) is -0.356. The average Bonchev–Trinajstić information content (AvgIpc) is 2.85. The minimum absolute atomic E-state index is 0. The van der Waals surface area contributed by atoms with E-state index in [-0.39, 0.29) is 36.3 Å². The standard InChI is InChI=1S/C14H20N4O2.ClH/c1-9(10(2)15)13(19)17-11-3-5-12(6-4-11)18-8-7-16-14(18)20;/h3-6,9-10H,7-8,15H2,1-2H3,(H,16,20)(H,17,19);1H. The first-order valence-corrected chi connectivity index (χ1v) is 6.71. The van der Waals surface area contributed by atoms with Crippen LogP contribution in [-0.2, 0) is 4.79 Å². The Morgan fingerprint density at radius 1 is 1.33 bits per heavy atom. The summed E-state index contributed by atoms with van der Waals surface area (Å²) in [6, 6.07) is 6.92. The number of carbonyl (C=O) groups excluding carboxylic acids is 2. The lowest BCUT2D eigenvalue weighted by Gasteiger charge is -2.17. The molecule has 1 saturated heterocycles. The highest BCUT2D eigenvalue weighted by Gasteiger charge is 2.21. The summed E-state index contributed by atoms with van der Waals surface area (Å²) in [5, 5.41) is 5.56. The third-order valence-corrected chi connectivity index (χ3v) is 3.51. The first-order valence-electron chi connectivity index (χ1n) is 6.71. The smallest absolute Gasteiger partial charge is 0.321 e. The monoisotopic (exact) mass is 312 g/mol. The average molecular weight is 313 g/mol. The fourth-order valence-electron chi connectivity index (χ4n) is 1.94. The summed E-state index contributed by atoms with van der Waals surface area (Å²) in [5.41, 5.74) is 7.22. The van der Waals surface area contributed by atoms with Crippen molar-refractivity contribution < 1.29 is 9.59 Å². The molecule has 2 rings (SSSR count). The number of anilines is 2. The maximum absolute atomic E-state index is 11.9. The number of hydrogen-bond donors (Lipinski definition) is 3. The van der Waals surface area contributed by atoms with Crippen molar-refractivity contribution >= 4 is 35.7 Å². The summed E-state index contributed by atoms with van der Waals surface area (Å²) in [6.07, 6.45) is 0. The van der Waals surface area contributed by atoms with Crippen molar-refractivity contribution in [3.05, 3.63) is 24.3 Å². The number of urea groups is 1. The van der Waals surface area contributed by atoms with E-state index in [9.17, 15) is 9.59 Å². The molecule has 1 aliphatic heterocycles. The van der Waals surface area contributed by atoms with Crippen molar-refractivity contribution in [1.29, 1.82) is 0 Å². The second kappa shape index (κ2) is 7.28. The molecule has 2 unspecified atom stereocenters. The Balaban J connectivity index is 0.00000220. The molecule has 1 aromatic rings. The molecule has 0 radical (unpaired) electrons. The highest BCUT2D eigenvalue weighted by atomic mass is 35.5. The Morgan fingerprint density at radius 3 is 2.43 bits per heavy atom. The van der Waals surface area contributed by atoms with Crippen LogP contribution in [0.3, 0.4) is 0 Å². The van der Waals surface area contributed by atoms with E-state index in [2.05, 4.69) is 10.6 Å². The van der Waals surface area contributed by atoms with Gasteiger partial charge in [0, 0.05) is 30.5 Å². The molecule has 0 spiro atoms. The van der Waals surface area contributed by atoms with Crippen LogP contribution in [0.1, 0.15) is 13.8 Å². The van der Waals surface area contributed by atoms with Gasteiger partial charge in [0.2, 0.25) is 5.91 Å². The zero-order valence-corrected chi connectivity index (χ0v) is 12.9. The van der Waals surface area contributed by atoms with Crippen molar-refractivity contribution in [1.82, 2.24) is 5.32 Å². The van der Waals surface area contributed by atoms with E-state index >= 15 is 0 Å². The van der Waals surface area contributed by atoms with E-state index in [0.717, 1.165) is 5.69 Å². The Bertz CT molecular complexity index is 504. The Morgan fingerprint density at radius 2 is 1.95 bits per heavy atom. The highest BCUT2D eigenvalue weighted by Crippen LogP contribution is 2.20. The van der Waals surface area contributed by atoms with E-state index in [1.807, 2.05) is 12.1 Å². The minimum atomic E-state index is -0.251. The van der Waals surface area contributed by atoms with Crippen LogP contribution in [0.4, 0.5) is 16.2 Å². The molecule has 0 bridgehead atoms. The second-order valence-corrected chi connectivity index (χ2v) is 5.07. The summed E-state index contributed by atoms with van der Waals surface area (Å²) in [4.78, 5) is 25.1. The van der Waals surface area contributed by atoms with Crippen LogP contribution in [0.25, 0.3) is 0 Å². The van der Waals surface area contributed by atoms with Gasteiger partial charge in [0.1, 0.15) is 0 Å². The van der Waals surface area contributed by atoms with E-state index in [0.29, 0.717) is 18.8 Å². The third-order valence-electron chi connectivity index (χ3n) is 3.51. The molecule has 0 aliphatic carbocycles. The fraction of sp³-hybridized carbons (Fsp3) is 0.429. The quantitative estimate of drug-likeness (QED) is 0.788. The molecule has 116 valence electrons. The normalized spacial score (nSPS) is 16.7. The molecule has 21 heavy (non-hydrogen) atoms. The first kappa shape index (κ1) is 17.3. The van der Waals surface area contributed by atoms with E-state index in [1.165, 1.54) is 0 Å². The zero-order valence-electron chi connectivity index (χ0n) is 12.1. The maximum Gasteiger partial charge on any atom is 0.321 e. The number of hydrogen-bond acceptors (Lipinski definition) is 3. The lowest BCUT2D eigenvalue weighted by atomic mass is 10.0. The van der Waals surface area contributed by atoms with Gasteiger partial charge in [-0.15, -0.1) is 12.4 Å². The number of nitrogens with zero attached hydrogens (tertiary/aromatic N) is 1. The van der Waals surface area contributed by atoms with Crippen molar-refractivity contribution in [2.45, 2.75) is 19.9 Å². The largest absolute Gasteiger partial charge is 0.336 e. The molecule has 0 aromatic heterocycles. The lowest BCUT2D eigenvalue weighted by molar-refractivity contribution is -0.119. The highest BCUT2D eigenvalue weighted by molar-refractivity contribution is 5.95. The van der Waals surface area contributed by atoms with Gasteiger partial charge >= 0.3 is 6.03 Å². The molecule has 0 saturated carbocycles. The minimum Gasteiger partial charge on any atom is -0.336 e. The second-order valence-electron chi connectivity index (χ2n) is 5.07. The first-order chi connectivity index (χ1) is 9.49. The van der Waals surface area contributed by atoms with E-state index in [4.69, 9.17) is 5.73 Å². The number of benzene rings is 1. The van der Waals surface area contributed by atoms with Gasteiger partial charge in [-0.25, -0.2) is 4.79 Å².